The van der Waals surface area contributed by atoms with Gasteiger partial charge in [0.25, 0.3) is 0 Å². The van der Waals surface area contributed by atoms with E-state index in [1.165, 1.54) is 0 Å². The molecule has 116 valence electrons. The summed E-state index contributed by atoms with van der Waals surface area (Å²) in [5, 5.41) is 1.07. The van der Waals surface area contributed by atoms with E-state index >= 15 is 0 Å². The average molecular weight is 309 g/mol. The summed E-state index contributed by atoms with van der Waals surface area (Å²) in [4.78, 5) is 0. The summed E-state index contributed by atoms with van der Waals surface area (Å²) in [5.41, 5.74) is 1.09. The molecule has 4 nitrogen and oxygen atoms in total. The number of sulfone groups is 1. The van der Waals surface area contributed by atoms with Gasteiger partial charge >= 0.3 is 0 Å². The predicted molar refractivity (Wildman–Crippen MR) is 86.6 cm³/mol. The Hall–Kier alpha value is -1.49. The SMILES string of the molecule is CCS(=O)(=O)CCCn1ccc2c(OC(C)C)cccc21. The molecule has 0 N–H and O–H groups in total. The van der Waals surface area contributed by atoms with Crippen molar-refractivity contribution in [2.45, 2.75) is 39.8 Å². The van der Waals surface area contributed by atoms with Gasteiger partial charge in [-0.1, -0.05) is 13.0 Å². The van der Waals surface area contributed by atoms with Crippen molar-refractivity contribution in [2.75, 3.05) is 11.5 Å². The molecular weight excluding hydrogens is 286 g/mol. The average Bonchev–Trinajstić information content (AvgIpc) is 2.83. The van der Waals surface area contributed by atoms with Crippen molar-refractivity contribution < 1.29 is 13.2 Å². The molecular formula is C16H23NO3S. The molecule has 0 aliphatic carbocycles. The van der Waals surface area contributed by atoms with Gasteiger partial charge in [0.2, 0.25) is 0 Å². The largest absolute Gasteiger partial charge is 0.490 e. The number of benzene rings is 1. The van der Waals surface area contributed by atoms with Crippen LogP contribution in [-0.2, 0) is 16.4 Å². The standard InChI is InChI=1S/C16H23NO3S/c1-4-21(18,19)12-6-10-17-11-9-14-15(17)7-5-8-16(14)20-13(2)3/h5,7-9,11,13H,4,6,10,12H2,1-3H3. The van der Waals surface area contributed by atoms with Crippen LogP contribution in [0.5, 0.6) is 5.75 Å². The first-order chi connectivity index (χ1) is 9.93. The predicted octanol–water partition coefficient (Wildman–Crippen LogP) is 3.25. The van der Waals surface area contributed by atoms with E-state index in [2.05, 4.69) is 4.57 Å². The molecule has 0 saturated heterocycles. The first kappa shape index (κ1) is 15.9. The Bertz CT molecular complexity index is 701. The number of hydrogen-bond acceptors (Lipinski definition) is 3. The zero-order valence-electron chi connectivity index (χ0n) is 12.9. The van der Waals surface area contributed by atoms with E-state index in [9.17, 15) is 8.42 Å². The number of hydrogen-bond donors (Lipinski definition) is 0. The molecule has 2 rings (SSSR count). The van der Waals surface area contributed by atoms with Crippen LogP contribution in [-0.4, -0.2) is 30.6 Å². The summed E-state index contributed by atoms with van der Waals surface area (Å²) in [6.45, 7) is 6.40. The number of ether oxygens (including phenoxy) is 1. The molecule has 0 spiro atoms. The molecule has 2 aromatic rings. The monoisotopic (exact) mass is 309 g/mol. The van der Waals surface area contributed by atoms with E-state index in [0.717, 1.165) is 16.7 Å². The van der Waals surface area contributed by atoms with E-state index in [4.69, 9.17) is 4.74 Å². The van der Waals surface area contributed by atoms with Crippen molar-refractivity contribution in [1.29, 1.82) is 0 Å². The molecule has 0 bridgehead atoms. The maximum absolute atomic E-state index is 11.5. The number of fused-ring (bicyclic) bond motifs is 1. The summed E-state index contributed by atoms with van der Waals surface area (Å²) >= 11 is 0. The van der Waals surface area contributed by atoms with Gasteiger partial charge in [-0.2, -0.15) is 0 Å². The minimum atomic E-state index is -2.89. The van der Waals surface area contributed by atoms with E-state index in [1.807, 2.05) is 44.3 Å². The molecule has 0 amide bonds. The van der Waals surface area contributed by atoms with Crippen LogP contribution in [0.4, 0.5) is 0 Å². The van der Waals surface area contributed by atoms with E-state index < -0.39 is 9.84 Å². The second-order valence-electron chi connectivity index (χ2n) is 5.45. The van der Waals surface area contributed by atoms with Crippen LogP contribution < -0.4 is 4.74 Å². The quantitative estimate of drug-likeness (QED) is 0.789. The molecule has 21 heavy (non-hydrogen) atoms. The minimum absolute atomic E-state index is 0.133. The minimum Gasteiger partial charge on any atom is -0.490 e. The van der Waals surface area contributed by atoms with Crippen molar-refractivity contribution >= 4 is 20.7 Å². The highest BCUT2D eigenvalue weighted by atomic mass is 32.2. The summed E-state index contributed by atoms with van der Waals surface area (Å²) in [5.74, 6) is 1.33. The lowest BCUT2D eigenvalue weighted by Gasteiger charge is -2.11. The molecule has 5 heteroatoms. The second kappa shape index (κ2) is 6.52. The maximum Gasteiger partial charge on any atom is 0.150 e. The lowest BCUT2D eigenvalue weighted by Crippen LogP contribution is -2.11. The third-order valence-corrected chi connectivity index (χ3v) is 5.22. The van der Waals surface area contributed by atoms with E-state index in [0.29, 0.717) is 13.0 Å². The van der Waals surface area contributed by atoms with Gasteiger partial charge in [0, 0.05) is 23.9 Å². The summed E-state index contributed by atoms with van der Waals surface area (Å²) in [6.07, 6.45) is 2.76. The van der Waals surface area contributed by atoms with Crippen molar-refractivity contribution in [3.05, 3.63) is 30.5 Å². The van der Waals surface area contributed by atoms with Gasteiger partial charge in [-0.15, -0.1) is 0 Å². The zero-order chi connectivity index (χ0) is 15.5. The van der Waals surface area contributed by atoms with Crippen LogP contribution in [0.15, 0.2) is 30.5 Å². The number of aromatic nitrogens is 1. The molecule has 0 atom stereocenters. The van der Waals surface area contributed by atoms with Crippen molar-refractivity contribution in [3.8, 4) is 5.75 Å². The number of rotatable bonds is 7. The summed E-state index contributed by atoms with van der Waals surface area (Å²) < 4.78 is 31.0. The topological polar surface area (TPSA) is 48.3 Å². The van der Waals surface area contributed by atoms with Gasteiger partial charge in [0.05, 0.1) is 17.4 Å². The molecule has 0 aliphatic heterocycles. The fourth-order valence-corrected chi connectivity index (χ4v) is 3.20. The Morgan fingerprint density at radius 2 is 2.00 bits per heavy atom. The lowest BCUT2D eigenvalue weighted by molar-refractivity contribution is 0.245. The molecule has 0 saturated carbocycles. The first-order valence-electron chi connectivity index (χ1n) is 7.38. The molecule has 0 aliphatic rings. The molecule has 0 fully saturated rings. The Kier molecular flexibility index (Phi) is 4.93. The number of nitrogens with zero attached hydrogens (tertiary/aromatic N) is 1. The zero-order valence-corrected chi connectivity index (χ0v) is 13.7. The fraction of sp³-hybridized carbons (Fsp3) is 0.500. The van der Waals surface area contributed by atoms with Crippen molar-refractivity contribution in [1.82, 2.24) is 4.57 Å². The molecule has 0 radical (unpaired) electrons. The Balaban J connectivity index is 2.15. The van der Waals surface area contributed by atoms with Gasteiger partial charge < -0.3 is 9.30 Å². The lowest BCUT2D eigenvalue weighted by atomic mass is 10.2. The van der Waals surface area contributed by atoms with Gasteiger partial charge in [-0.05, 0) is 38.5 Å². The highest BCUT2D eigenvalue weighted by Gasteiger charge is 2.10. The smallest absolute Gasteiger partial charge is 0.150 e. The Morgan fingerprint density at radius 3 is 2.67 bits per heavy atom. The number of aryl methyl sites for hydroxylation is 1. The third-order valence-electron chi connectivity index (χ3n) is 3.43. The van der Waals surface area contributed by atoms with Crippen LogP contribution in [0.3, 0.4) is 0 Å². The van der Waals surface area contributed by atoms with Crippen molar-refractivity contribution in [3.63, 3.8) is 0 Å². The van der Waals surface area contributed by atoms with E-state index in [1.54, 1.807) is 6.92 Å². The van der Waals surface area contributed by atoms with Crippen LogP contribution >= 0.6 is 0 Å². The highest BCUT2D eigenvalue weighted by molar-refractivity contribution is 7.91. The van der Waals surface area contributed by atoms with Crippen LogP contribution in [0.25, 0.3) is 10.9 Å². The normalized spacial score (nSPS) is 12.2. The van der Waals surface area contributed by atoms with Crippen LogP contribution in [0.1, 0.15) is 27.2 Å². The molecule has 0 unspecified atom stereocenters. The van der Waals surface area contributed by atoms with Gasteiger partial charge in [0.1, 0.15) is 15.6 Å². The van der Waals surface area contributed by atoms with Crippen LogP contribution in [0.2, 0.25) is 0 Å². The fourth-order valence-electron chi connectivity index (χ4n) is 2.35. The Labute approximate surface area is 126 Å². The second-order valence-corrected chi connectivity index (χ2v) is 7.93. The first-order valence-corrected chi connectivity index (χ1v) is 9.20. The van der Waals surface area contributed by atoms with Gasteiger partial charge in [-0.3, -0.25) is 0 Å². The van der Waals surface area contributed by atoms with E-state index in [-0.39, 0.29) is 17.6 Å². The van der Waals surface area contributed by atoms with Gasteiger partial charge in [0.15, 0.2) is 0 Å². The third kappa shape index (κ3) is 4.00. The highest BCUT2D eigenvalue weighted by Crippen LogP contribution is 2.27. The summed E-state index contributed by atoms with van der Waals surface area (Å²) in [7, 11) is -2.89. The molecule has 1 aromatic heterocycles. The van der Waals surface area contributed by atoms with Crippen molar-refractivity contribution in [2.24, 2.45) is 0 Å². The molecule has 1 heterocycles. The Morgan fingerprint density at radius 1 is 1.24 bits per heavy atom. The van der Waals surface area contributed by atoms with Gasteiger partial charge in [-0.25, -0.2) is 8.42 Å². The maximum atomic E-state index is 11.5. The summed E-state index contributed by atoms with van der Waals surface area (Å²) in [6, 6.07) is 8.01. The van der Waals surface area contributed by atoms with Crippen LogP contribution in [0, 0.1) is 0 Å². The molecule has 1 aromatic carbocycles.